The number of hydrogen-bond acceptors (Lipinski definition) is 7. The number of carbonyl (C=O) groups is 1. The number of aromatic nitrogens is 4. The average Bonchev–Trinajstić information content (AvgIpc) is 3.18. The predicted octanol–water partition coefficient (Wildman–Crippen LogP) is 3.44. The third-order valence-electron chi connectivity index (χ3n) is 5.94. The van der Waals surface area contributed by atoms with Crippen molar-refractivity contribution in [1.29, 1.82) is 0 Å². The lowest BCUT2D eigenvalue weighted by Gasteiger charge is -2.35. The molecule has 1 amide bonds. The highest BCUT2D eigenvalue weighted by Gasteiger charge is 2.24. The van der Waals surface area contributed by atoms with Crippen LogP contribution in [0.5, 0.6) is 0 Å². The van der Waals surface area contributed by atoms with Crippen molar-refractivity contribution in [3.05, 3.63) is 40.0 Å². The molecule has 3 heterocycles. The Morgan fingerprint density at radius 2 is 1.91 bits per heavy atom. The summed E-state index contributed by atoms with van der Waals surface area (Å²) in [7, 11) is 5.82. The highest BCUT2D eigenvalue weighted by Crippen LogP contribution is 2.30. The number of nitrogens with one attached hydrogen (secondary N) is 1. The van der Waals surface area contributed by atoms with Crippen LogP contribution in [0.1, 0.15) is 24.9 Å². The van der Waals surface area contributed by atoms with E-state index in [1.54, 1.807) is 10.7 Å². The largest absolute Gasteiger partial charge is 0.361 e. The van der Waals surface area contributed by atoms with Gasteiger partial charge in [-0.15, -0.1) is 0 Å². The molecule has 34 heavy (non-hydrogen) atoms. The predicted molar refractivity (Wildman–Crippen MR) is 137 cm³/mol. The zero-order chi connectivity index (χ0) is 24.4. The molecule has 0 aliphatic carbocycles. The van der Waals surface area contributed by atoms with Crippen LogP contribution in [0.3, 0.4) is 0 Å². The monoisotopic (exact) mass is 504 g/mol. The van der Waals surface area contributed by atoms with Crippen LogP contribution in [0.4, 0.5) is 11.8 Å². The molecule has 1 atom stereocenters. The Morgan fingerprint density at radius 1 is 1.18 bits per heavy atom. The number of aryl methyl sites for hydroxylation is 1. The van der Waals surface area contributed by atoms with Gasteiger partial charge in [-0.2, -0.15) is 10.1 Å². The number of fused-ring (bicyclic) bond motifs is 1. The van der Waals surface area contributed by atoms with Gasteiger partial charge in [-0.25, -0.2) is 4.98 Å². The van der Waals surface area contributed by atoms with Gasteiger partial charge in [-0.3, -0.25) is 9.48 Å². The first-order valence-corrected chi connectivity index (χ1v) is 12.1. The number of carbonyl (C=O) groups excluding carboxylic acids is 1. The van der Waals surface area contributed by atoms with E-state index >= 15 is 0 Å². The quantitative estimate of drug-likeness (QED) is 0.527. The van der Waals surface area contributed by atoms with E-state index in [2.05, 4.69) is 15.3 Å². The molecule has 1 saturated heterocycles. The van der Waals surface area contributed by atoms with Crippen LogP contribution in [0, 0.1) is 0 Å². The van der Waals surface area contributed by atoms with E-state index in [9.17, 15) is 4.79 Å². The first-order valence-electron chi connectivity index (χ1n) is 11.3. The first-order chi connectivity index (χ1) is 16.2. The molecule has 9 nitrogen and oxygen atoms in total. The van der Waals surface area contributed by atoms with E-state index in [-0.39, 0.29) is 11.9 Å². The second-order valence-corrected chi connectivity index (χ2v) is 9.71. The van der Waals surface area contributed by atoms with Crippen molar-refractivity contribution >= 4 is 51.9 Å². The van der Waals surface area contributed by atoms with Crippen LogP contribution in [-0.4, -0.2) is 82.3 Å². The summed E-state index contributed by atoms with van der Waals surface area (Å²) in [5.41, 5.74) is 2.37. The van der Waals surface area contributed by atoms with Gasteiger partial charge in [0.25, 0.3) is 0 Å². The maximum absolute atomic E-state index is 12.5. The molecule has 0 spiro atoms. The van der Waals surface area contributed by atoms with Crippen molar-refractivity contribution < 1.29 is 4.79 Å². The van der Waals surface area contributed by atoms with Gasteiger partial charge in [-0.05, 0) is 38.7 Å². The number of amides is 1. The molecular weight excluding hydrogens is 475 g/mol. The van der Waals surface area contributed by atoms with E-state index in [1.807, 2.05) is 56.2 Å². The van der Waals surface area contributed by atoms with Gasteiger partial charge >= 0.3 is 0 Å². The molecule has 11 heteroatoms. The van der Waals surface area contributed by atoms with Crippen molar-refractivity contribution in [2.75, 3.05) is 57.0 Å². The topological polar surface area (TPSA) is 82.4 Å². The number of benzene rings is 1. The molecule has 3 aromatic rings. The third-order valence-corrected chi connectivity index (χ3v) is 6.50. The maximum Gasteiger partial charge on any atom is 0.228 e. The van der Waals surface area contributed by atoms with Crippen LogP contribution in [0.25, 0.3) is 11.0 Å². The fourth-order valence-electron chi connectivity index (χ4n) is 4.02. The van der Waals surface area contributed by atoms with Crippen LogP contribution < -0.4 is 10.2 Å². The molecule has 4 rings (SSSR count). The van der Waals surface area contributed by atoms with Crippen LogP contribution in [-0.2, 0) is 11.8 Å². The van der Waals surface area contributed by atoms with Gasteiger partial charge in [0.1, 0.15) is 5.52 Å². The van der Waals surface area contributed by atoms with Crippen molar-refractivity contribution in [2.45, 2.75) is 19.4 Å². The Balaban J connectivity index is 1.53. The third kappa shape index (κ3) is 5.54. The summed E-state index contributed by atoms with van der Waals surface area (Å²) >= 11 is 12.5. The lowest BCUT2D eigenvalue weighted by molar-refractivity contribution is -0.131. The zero-order valence-corrected chi connectivity index (χ0v) is 21.4. The Labute approximate surface area is 209 Å². The molecule has 1 fully saturated rings. The minimum atomic E-state index is -0.121. The van der Waals surface area contributed by atoms with Crippen LogP contribution in [0.2, 0.25) is 10.0 Å². The molecule has 0 bridgehead atoms. The van der Waals surface area contributed by atoms with Crippen LogP contribution >= 0.6 is 23.2 Å². The van der Waals surface area contributed by atoms with Crippen molar-refractivity contribution in [1.82, 2.24) is 29.5 Å². The fraction of sp³-hybridized carbons (Fsp3) is 0.478. The number of nitrogens with zero attached hydrogens (tertiary/aromatic N) is 7. The Bertz CT molecular complexity index is 1170. The Hall–Kier alpha value is -2.62. The molecule has 1 N–H and O–H groups in total. The molecule has 1 aliphatic rings. The summed E-state index contributed by atoms with van der Waals surface area (Å²) in [5, 5.41) is 9.20. The molecule has 0 radical (unpaired) electrons. The number of anilines is 2. The summed E-state index contributed by atoms with van der Waals surface area (Å²) in [5.74, 6) is 1.45. The molecule has 1 aliphatic heterocycles. The molecule has 0 saturated carbocycles. The first kappa shape index (κ1) is 24.5. The summed E-state index contributed by atoms with van der Waals surface area (Å²) in [4.78, 5) is 28.1. The minimum absolute atomic E-state index is 0.121. The zero-order valence-electron chi connectivity index (χ0n) is 19.9. The summed E-state index contributed by atoms with van der Waals surface area (Å²) in [6.07, 6.45) is 2.41. The molecule has 1 aromatic carbocycles. The standard InChI is InChI=1S/C23H30Cl2N8O/c1-15(17-6-5-16(24)13-18(17)25)26-22-21-19(14-31(4)29-21)27-23(28-22)33-11-9-32(10-12-33)20(34)7-8-30(2)3/h5-6,13-15H,7-12H2,1-4H3,(H,26,27,28)/t15-/m1/s1. The van der Waals surface area contributed by atoms with E-state index in [1.165, 1.54) is 0 Å². The molecule has 2 aromatic heterocycles. The van der Waals surface area contributed by atoms with Gasteiger partial charge in [0, 0.05) is 56.2 Å². The Morgan fingerprint density at radius 3 is 2.59 bits per heavy atom. The van der Waals surface area contributed by atoms with Gasteiger partial charge in [-0.1, -0.05) is 29.3 Å². The molecular formula is C23H30Cl2N8O. The highest BCUT2D eigenvalue weighted by molar-refractivity contribution is 6.35. The lowest BCUT2D eigenvalue weighted by Crippen LogP contribution is -2.49. The maximum atomic E-state index is 12.5. The van der Waals surface area contributed by atoms with Crippen molar-refractivity contribution in [3.63, 3.8) is 0 Å². The van der Waals surface area contributed by atoms with Crippen molar-refractivity contribution in [3.8, 4) is 0 Å². The summed E-state index contributed by atoms with van der Waals surface area (Å²) in [6, 6.07) is 5.34. The fourth-order valence-corrected chi connectivity index (χ4v) is 4.60. The summed E-state index contributed by atoms with van der Waals surface area (Å²) < 4.78 is 1.73. The van der Waals surface area contributed by atoms with E-state index in [0.717, 1.165) is 17.6 Å². The van der Waals surface area contributed by atoms with E-state index in [0.29, 0.717) is 59.9 Å². The number of piperazine rings is 1. The highest BCUT2D eigenvalue weighted by atomic mass is 35.5. The SMILES string of the molecule is C[C@@H](Nc1nc(N2CCN(C(=O)CCN(C)C)CC2)nc2cn(C)nc12)c1ccc(Cl)cc1Cl. The second kappa shape index (κ2) is 10.3. The van der Waals surface area contributed by atoms with Gasteiger partial charge in [0.15, 0.2) is 11.3 Å². The molecule has 182 valence electrons. The number of halogens is 2. The van der Waals surface area contributed by atoms with E-state index in [4.69, 9.17) is 33.2 Å². The lowest BCUT2D eigenvalue weighted by atomic mass is 10.1. The minimum Gasteiger partial charge on any atom is -0.361 e. The van der Waals surface area contributed by atoms with E-state index < -0.39 is 0 Å². The van der Waals surface area contributed by atoms with Gasteiger partial charge in [0.2, 0.25) is 11.9 Å². The Kier molecular flexibility index (Phi) is 7.45. The number of hydrogen-bond donors (Lipinski definition) is 1. The second-order valence-electron chi connectivity index (χ2n) is 8.86. The average molecular weight is 505 g/mol. The van der Waals surface area contributed by atoms with Crippen molar-refractivity contribution in [2.24, 2.45) is 7.05 Å². The van der Waals surface area contributed by atoms with Crippen LogP contribution in [0.15, 0.2) is 24.4 Å². The molecule has 0 unspecified atom stereocenters. The number of rotatable bonds is 7. The smallest absolute Gasteiger partial charge is 0.228 e. The van der Waals surface area contributed by atoms with Gasteiger partial charge in [0.05, 0.1) is 12.2 Å². The normalized spacial score (nSPS) is 15.3. The summed E-state index contributed by atoms with van der Waals surface area (Å²) in [6.45, 7) is 5.43. The van der Waals surface area contributed by atoms with Gasteiger partial charge < -0.3 is 20.0 Å².